The first-order valence-corrected chi connectivity index (χ1v) is 9.40. The molecular formula is C22H26N4O2. The Morgan fingerprint density at radius 1 is 1.21 bits per heavy atom. The van der Waals surface area contributed by atoms with Crippen LogP contribution in [0, 0.1) is 19.8 Å². The Hall–Kier alpha value is -2.99. The lowest BCUT2D eigenvalue weighted by atomic mass is 9.92. The van der Waals surface area contributed by atoms with Gasteiger partial charge in [0.05, 0.1) is 23.1 Å². The molecule has 0 saturated heterocycles. The number of carbonyl (C=O) groups is 1. The fourth-order valence-electron chi connectivity index (χ4n) is 3.27. The molecule has 1 amide bonds. The second-order valence-corrected chi connectivity index (χ2v) is 7.41. The van der Waals surface area contributed by atoms with Crippen LogP contribution in [0.5, 0.6) is 0 Å². The Morgan fingerprint density at radius 3 is 2.50 bits per heavy atom. The van der Waals surface area contributed by atoms with Crippen molar-refractivity contribution >= 4 is 11.6 Å². The number of carbonyl (C=O) groups excluding carboxylic acids is 1. The molecule has 28 heavy (non-hydrogen) atoms. The van der Waals surface area contributed by atoms with E-state index in [4.69, 9.17) is 15.2 Å². The van der Waals surface area contributed by atoms with Gasteiger partial charge in [-0.1, -0.05) is 48.8 Å². The molecule has 0 spiro atoms. The number of amides is 1. The van der Waals surface area contributed by atoms with Crippen LogP contribution in [0.3, 0.4) is 0 Å². The summed E-state index contributed by atoms with van der Waals surface area (Å²) in [5, 5.41) is 6.60. The molecule has 3 rings (SSSR count). The maximum absolute atomic E-state index is 12.7. The number of nitrogens with one attached hydrogen (secondary N) is 1. The summed E-state index contributed by atoms with van der Waals surface area (Å²) in [6, 6.07) is 8.22. The highest BCUT2D eigenvalue weighted by Gasteiger charge is 2.21. The van der Waals surface area contributed by atoms with E-state index in [-0.39, 0.29) is 5.91 Å². The van der Waals surface area contributed by atoms with Gasteiger partial charge in [-0.2, -0.15) is 0 Å². The first kappa shape index (κ1) is 19.8. The zero-order valence-electron chi connectivity index (χ0n) is 16.7. The molecule has 0 aliphatic carbocycles. The normalized spacial score (nSPS) is 11.1. The minimum Gasteiger partial charge on any atom is -0.364 e. The molecule has 0 aliphatic rings. The summed E-state index contributed by atoms with van der Waals surface area (Å²) in [7, 11) is 0. The van der Waals surface area contributed by atoms with Crippen LogP contribution in [0.1, 0.15) is 46.7 Å². The van der Waals surface area contributed by atoms with Gasteiger partial charge in [-0.25, -0.2) is 0 Å². The number of hydrogen-bond acceptors (Lipinski definition) is 5. The maximum Gasteiger partial charge on any atom is 0.260 e. The number of benzene rings is 1. The molecule has 2 aromatic heterocycles. The van der Waals surface area contributed by atoms with E-state index in [9.17, 15) is 4.79 Å². The average Bonchev–Trinajstić information content (AvgIpc) is 3.18. The lowest BCUT2D eigenvalue weighted by Gasteiger charge is -2.21. The van der Waals surface area contributed by atoms with Gasteiger partial charge < -0.3 is 15.6 Å². The number of anilines is 1. The Morgan fingerprint density at radius 2 is 1.93 bits per heavy atom. The van der Waals surface area contributed by atoms with Crippen molar-refractivity contribution in [3.63, 3.8) is 0 Å². The van der Waals surface area contributed by atoms with E-state index in [0.717, 1.165) is 34.5 Å². The fraction of sp³-hybridized carbons (Fsp3) is 0.318. The molecule has 0 aliphatic heterocycles. The molecule has 0 unspecified atom stereocenters. The first-order valence-electron chi connectivity index (χ1n) is 9.40. The van der Waals surface area contributed by atoms with E-state index in [2.05, 4.69) is 48.6 Å². The van der Waals surface area contributed by atoms with Crippen LogP contribution < -0.4 is 11.1 Å². The van der Waals surface area contributed by atoms with E-state index in [1.54, 1.807) is 0 Å². The number of pyridine rings is 1. The van der Waals surface area contributed by atoms with Crippen molar-refractivity contribution in [1.29, 1.82) is 0 Å². The number of nitrogens with two attached hydrogens (primary N) is 1. The molecule has 0 saturated carbocycles. The summed E-state index contributed by atoms with van der Waals surface area (Å²) >= 11 is 0. The van der Waals surface area contributed by atoms with Crippen molar-refractivity contribution in [2.75, 3.05) is 5.32 Å². The van der Waals surface area contributed by atoms with E-state index in [1.807, 2.05) is 13.8 Å². The summed E-state index contributed by atoms with van der Waals surface area (Å²) in [6.45, 7) is 8.61. The van der Waals surface area contributed by atoms with Gasteiger partial charge in [0.1, 0.15) is 6.26 Å². The highest BCUT2D eigenvalue weighted by molar-refractivity contribution is 6.06. The molecule has 6 heteroatoms. The Balaban J connectivity index is 2.19. The lowest BCUT2D eigenvalue weighted by molar-refractivity contribution is 0.102. The minimum absolute atomic E-state index is 0.293. The van der Waals surface area contributed by atoms with Crippen molar-refractivity contribution in [3.05, 3.63) is 64.8 Å². The zero-order chi connectivity index (χ0) is 20.3. The van der Waals surface area contributed by atoms with Gasteiger partial charge in [0.15, 0.2) is 0 Å². The molecule has 146 valence electrons. The minimum atomic E-state index is -0.293. The van der Waals surface area contributed by atoms with Crippen LogP contribution in [0.4, 0.5) is 5.69 Å². The monoisotopic (exact) mass is 378 g/mol. The van der Waals surface area contributed by atoms with Crippen LogP contribution in [0.15, 0.2) is 41.2 Å². The molecule has 0 fully saturated rings. The predicted molar refractivity (Wildman–Crippen MR) is 110 cm³/mol. The van der Waals surface area contributed by atoms with Crippen molar-refractivity contribution in [1.82, 2.24) is 10.1 Å². The van der Waals surface area contributed by atoms with Gasteiger partial charge >= 0.3 is 0 Å². The van der Waals surface area contributed by atoms with Crippen LogP contribution in [0.2, 0.25) is 0 Å². The zero-order valence-corrected chi connectivity index (χ0v) is 16.7. The van der Waals surface area contributed by atoms with E-state index < -0.39 is 0 Å². The maximum atomic E-state index is 12.7. The highest BCUT2D eigenvalue weighted by atomic mass is 16.5. The van der Waals surface area contributed by atoms with Gasteiger partial charge in [0, 0.05) is 17.8 Å². The number of rotatable bonds is 6. The molecule has 1 aromatic carbocycles. The van der Waals surface area contributed by atoms with Crippen molar-refractivity contribution in [2.45, 2.75) is 40.7 Å². The lowest BCUT2D eigenvalue weighted by Crippen LogP contribution is -2.17. The summed E-state index contributed by atoms with van der Waals surface area (Å²) < 4.78 is 4.79. The van der Waals surface area contributed by atoms with Crippen LogP contribution in [-0.4, -0.2) is 16.0 Å². The Labute approximate surface area is 165 Å². The van der Waals surface area contributed by atoms with Gasteiger partial charge in [-0.05, 0) is 37.3 Å². The average molecular weight is 378 g/mol. The summed E-state index contributed by atoms with van der Waals surface area (Å²) in [5.74, 6) is 0.152. The topological polar surface area (TPSA) is 94.0 Å². The predicted octanol–water partition coefficient (Wildman–Crippen LogP) is 4.26. The van der Waals surface area contributed by atoms with Crippen molar-refractivity contribution < 1.29 is 9.32 Å². The van der Waals surface area contributed by atoms with Gasteiger partial charge in [0.25, 0.3) is 5.91 Å². The summed E-state index contributed by atoms with van der Waals surface area (Å²) in [6.07, 6.45) is 3.54. The van der Waals surface area contributed by atoms with E-state index in [0.29, 0.717) is 23.7 Å². The van der Waals surface area contributed by atoms with Crippen LogP contribution in [0.25, 0.3) is 11.1 Å². The number of hydrogen-bond donors (Lipinski definition) is 2. The number of nitrogens with zero attached hydrogens (tertiary/aromatic N) is 2. The van der Waals surface area contributed by atoms with Crippen molar-refractivity contribution in [2.24, 2.45) is 11.7 Å². The number of aryl methyl sites for hydroxylation is 2. The molecule has 3 N–H and O–H groups in total. The Bertz CT molecular complexity index is 961. The SMILES string of the molecule is Cc1ccc(-c2c(CN)c(CC(C)C)nc(C)c2NC(=O)c2cnoc2)cc1. The fourth-order valence-corrected chi connectivity index (χ4v) is 3.27. The van der Waals surface area contributed by atoms with Crippen molar-refractivity contribution in [3.8, 4) is 11.1 Å². The third-order valence-corrected chi connectivity index (χ3v) is 4.64. The van der Waals surface area contributed by atoms with E-state index in [1.165, 1.54) is 18.0 Å². The molecule has 6 nitrogen and oxygen atoms in total. The molecule has 0 radical (unpaired) electrons. The molecule has 0 atom stereocenters. The largest absolute Gasteiger partial charge is 0.364 e. The third-order valence-electron chi connectivity index (χ3n) is 4.64. The molecule has 2 heterocycles. The second kappa shape index (κ2) is 8.35. The number of aromatic nitrogens is 2. The Kier molecular flexibility index (Phi) is 5.90. The van der Waals surface area contributed by atoms with Gasteiger partial charge in [-0.15, -0.1) is 0 Å². The smallest absolute Gasteiger partial charge is 0.260 e. The van der Waals surface area contributed by atoms with E-state index >= 15 is 0 Å². The summed E-state index contributed by atoms with van der Waals surface area (Å²) in [4.78, 5) is 17.4. The quantitative estimate of drug-likeness (QED) is 0.668. The second-order valence-electron chi connectivity index (χ2n) is 7.41. The van der Waals surface area contributed by atoms with Crippen LogP contribution >= 0.6 is 0 Å². The standard InChI is InChI=1S/C22H26N4O2/c1-13(2)9-19-18(10-23)20(16-7-5-14(3)6-8-16)21(15(4)25-19)26-22(27)17-11-24-28-12-17/h5-8,11-13H,9-10,23H2,1-4H3,(H,26,27). The first-order chi connectivity index (χ1) is 13.4. The van der Waals surface area contributed by atoms with Gasteiger partial charge in [0.2, 0.25) is 0 Å². The molecular weight excluding hydrogens is 352 g/mol. The summed E-state index contributed by atoms with van der Waals surface area (Å²) in [5.41, 5.74) is 13.0. The molecule has 0 bridgehead atoms. The van der Waals surface area contributed by atoms with Crippen LogP contribution in [-0.2, 0) is 13.0 Å². The molecule has 3 aromatic rings. The van der Waals surface area contributed by atoms with Gasteiger partial charge in [-0.3, -0.25) is 9.78 Å². The highest BCUT2D eigenvalue weighted by Crippen LogP contribution is 2.36. The third kappa shape index (κ3) is 4.12.